The third-order valence-corrected chi connectivity index (χ3v) is 4.22. The van der Waals surface area contributed by atoms with Crippen molar-refractivity contribution >= 4 is 24.1 Å². The molecular weight excluding hydrogens is 366 g/mol. The first-order valence-electron chi connectivity index (χ1n) is 8.80. The second-order valence-electron chi connectivity index (χ2n) is 5.93. The summed E-state index contributed by atoms with van der Waals surface area (Å²) in [4.78, 5) is 20.4. The molecule has 0 amide bonds. The zero-order valence-electron chi connectivity index (χ0n) is 15.4. The molecular formula is C18H25N5O3S. The van der Waals surface area contributed by atoms with E-state index in [0.717, 1.165) is 50.3 Å². The number of hydrogen-bond acceptors (Lipinski definition) is 8. The van der Waals surface area contributed by atoms with Crippen molar-refractivity contribution < 1.29 is 9.66 Å². The molecule has 0 radical (unpaired) electrons. The summed E-state index contributed by atoms with van der Waals surface area (Å²) in [5.41, 5.74) is 2.02. The van der Waals surface area contributed by atoms with Gasteiger partial charge in [0, 0.05) is 43.7 Å². The monoisotopic (exact) mass is 391 g/mol. The highest BCUT2D eigenvalue weighted by atomic mass is 32.1. The molecule has 9 heteroatoms. The lowest BCUT2D eigenvalue weighted by molar-refractivity contribution is -0.389. The van der Waals surface area contributed by atoms with Crippen LogP contribution in [0, 0.1) is 10.1 Å². The number of nitrogens with zero attached hydrogens (tertiary/aromatic N) is 4. The quantitative estimate of drug-likeness (QED) is 0.249. The molecule has 0 atom stereocenters. The van der Waals surface area contributed by atoms with E-state index in [4.69, 9.17) is 4.74 Å². The van der Waals surface area contributed by atoms with Gasteiger partial charge in [-0.15, -0.1) is 0 Å². The van der Waals surface area contributed by atoms with Gasteiger partial charge in [0.25, 0.3) is 0 Å². The van der Waals surface area contributed by atoms with Crippen molar-refractivity contribution in [1.29, 1.82) is 0 Å². The fraction of sp³-hybridized carbons (Fsp3) is 0.444. The molecule has 0 fully saturated rings. The van der Waals surface area contributed by atoms with Crippen LogP contribution in [-0.2, 0) is 6.54 Å². The number of nitrogens with one attached hydrogen (secondary N) is 1. The van der Waals surface area contributed by atoms with E-state index < -0.39 is 4.92 Å². The van der Waals surface area contributed by atoms with Gasteiger partial charge in [0.2, 0.25) is 5.88 Å². The Balaban J connectivity index is 1.73. The lowest BCUT2D eigenvalue weighted by atomic mass is 10.2. The Kier molecular flexibility index (Phi) is 8.79. The van der Waals surface area contributed by atoms with Gasteiger partial charge in [0.1, 0.15) is 0 Å². The molecule has 0 bridgehead atoms. The number of unbranched alkanes of at least 4 members (excludes halogenated alkanes) is 1. The zero-order valence-corrected chi connectivity index (χ0v) is 16.3. The first-order valence-corrected chi connectivity index (χ1v) is 9.43. The van der Waals surface area contributed by atoms with Crippen LogP contribution in [0.2, 0.25) is 0 Å². The maximum absolute atomic E-state index is 10.7. The highest BCUT2D eigenvalue weighted by Crippen LogP contribution is 2.17. The molecule has 0 spiro atoms. The van der Waals surface area contributed by atoms with E-state index in [1.807, 2.05) is 12.1 Å². The van der Waals surface area contributed by atoms with Gasteiger partial charge < -0.3 is 25.1 Å². The van der Waals surface area contributed by atoms with Gasteiger partial charge in [0.15, 0.2) is 6.20 Å². The average Bonchev–Trinajstić information content (AvgIpc) is 2.70. The van der Waals surface area contributed by atoms with Gasteiger partial charge in [0.05, 0.1) is 12.8 Å². The minimum absolute atomic E-state index is 0.137. The molecule has 1 N–H and O–H groups in total. The van der Waals surface area contributed by atoms with Gasteiger partial charge in [-0.05, 0) is 47.0 Å². The topological polar surface area (TPSA) is 93.4 Å². The highest BCUT2D eigenvalue weighted by Gasteiger charge is 2.11. The molecule has 0 saturated carbocycles. The van der Waals surface area contributed by atoms with Crippen LogP contribution in [0.15, 0.2) is 36.7 Å². The number of methoxy groups -OCH3 is 1. The third kappa shape index (κ3) is 7.03. The molecule has 2 aromatic heterocycles. The Labute approximate surface area is 164 Å². The van der Waals surface area contributed by atoms with Crippen molar-refractivity contribution in [1.82, 2.24) is 15.3 Å². The molecule has 146 valence electrons. The molecule has 0 aliphatic carbocycles. The molecule has 2 aromatic rings. The Hall–Kier alpha value is -2.39. The number of rotatable bonds is 12. The third-order valence-electron chi connectivity index (χ3n) is 4.02. The van der Waals surface area contributed by atoms with Crippen molar-refractivity contribution in [2.45, 2.75) is 19.4 Å². The smallest absolute Gasteiger partial charge is 0.363 e. The number of pyridine rings is 2. The van der Waals surface area contributed by atoms with Crippen molar-refractivity contribution in [2.24, 2.45) is 0 Å². The number of hydrogen-bond donors (Lipinski definition) is 2. The highest BCUT2D eigenvalue weighted by molar-refractivity contribution is 7.80. The first kappa shape index (κ1) is 20.9. The summed E-state index contributed by atoms with van der Waals surface area (Å²) in [6, 6.07) is 7.06. The van der Waals surface area contributed by atoms with Gasteiger partial charge in [-0.2, -0.15) is 12.6 Å². The Bertz CT molecular complexity index is 714. The van der Waals surface area contributed by atoms with E-state index in [0.29, 0.717) is 11.6 Å². The van der Waals surface area contributed by atoms with Crippen LogP contribution >= 0.6 is 12.6 Å². The molecule has 0 saturated heterocycles. The van der Waals surface area contributed by atoms with E-state index in [2.05, 4.69) is 32.8 Å². The predicted molar refractivity (Wildman–Crippen MR) is 109 cm³/mol. The van der Waals surface area contributed by atoms with Crippen LogP contribution in [-0.4, -0.2) is 47.4 Å². The van der Waals surface area contributed by atoms with Gasteiger partial charge in [-0.1, -0.05) is 0 Å². The van der Waals surface area contributed by atoms with E-state index in [1.54, 1.807) is 25.6 Å². The number of ether oxygens (including phenoxy) is 1. The molecule has 8 nitrogen and oxygen atoms in total. The Morgan fingerprint density at radius 1 is 1.26 bits per heavy atom. The maximum atomic E-state index is 10.7. The number of nitro groups is 1. The molecule has 2 heterocycles. The van der Waals surface area contributed by atoms with E-state index in [9.17, 15) is 10.1 Å². The normalized spacial score (nSPS) is 10.6. The maximum Gasteiger partial charge on any atom is 0.363 e. The van der Waals surface area contributed by atoms with Crippen LogP contribution in [0.25, 0.3) is 0 Å². The van der Waals surface area contributed by atoms with Crippen LogP contribution in [0.4, 0.5) is 11.5 Å². The summed E-state index contributed by atoms with van der Waals surface area (Å²) in [6.45, 7) is 3.29. The summed E-state index contributed by atoms with van der Waals surface area (Å²) in [5.74, 6) is 1.19. The summed E-state index contributed by atoms with van der Waals surface area (Å²) >= 11 is 4.30. The van der Waals surface area contributed by atoms with Crippen LogP contribution < -0.4 is 15.0 Å². The summed E-state index contributed by atoms with van der Waals surface area (Å²) in [5, 5.41) is 14.1. The fourth-order valence-corrected chi connectivity index (χ4v) is 2.86. The molecule has 0 aliphatic heterocycles. The van der Waals surface area contributed by atoms with Crippen LogP contribution in [0.3, 0.4) is 0 Å². The number of anilines is 1. The molecule has 2 rings (SSSR count). The lowest BCUT2D eigenvalue weighted by Crippen LogP contribution is -2.27. The number of aromatic nitrogens is 2. The summed E-state index contributed by atoms with van der Waals surface area (Å²) < 4.78 is 5.12. The van der Waals surface area contributed by atoms with Gasteiger partial charge >= 0.3 is 5.82 Å². The van der Waals surface area contributed by atoms with E-state index in [-0.39, 0.29) is 5.82 Å². The van der Waals surface area contributed by atoms with Crippen LogP contribution in [0.1, 0.15) is 18.4 Å². The second kappa shape index (κ2) is 11.3. The van der Waals surface area contributed by atoms with Crippen molar-refractivity contribution in [3.05, 3.63) is 52.3 Å². The van der Waals surface area contributed by atoms with Gasteiger partial charge in [-0.3, -0.25) is 0 Å². The minimum atomic E-state index is -0.489. The van der Waals surface area contributed by atoms with Crippen molar-refractivity contribution in [3.63, 3.8) is 0 Å². The molecule has 27 heavy (non-hydrogen) atoms. The van der Waals surface area contributed by atoms with E-state index in [1.165, 1.54) is 6.07 Å². The van der Waals surface area contributed by atoms with Crippen molar-refractivity contribution in [2.75, 3.05) is 37.4 Å². The lowest BCUT2D eigenvalue weighted by Gasteiger charge is -2.22. The Morgan fingerprint density at radius 2 is 2.11 bits per heavy atom. The van der Waals surface area contributed by atoms with Crippen LogP contribution in [0.5, 0.6) is 5.88 Å². The predicted octanol–water partition coefficient (Wildman–Crippen LogP) is 2.70. The fourth-order valence-electron chi connectivity index (χ4n) is 2.62. The average molecular weight is 391 g/mol. The minimum Gasteiger partial charge on any atom is -0.481 e. The molecule has 0 aliphatic rings. The zero-order chi connectivity index (χ0) is 19.5. The van der Waals surface area contributed by atoms with Gasteiger partial charge in [-0.25, -0.2) is 4.98 Å². The van der Waals surface area contributed by atoms with Crippen molar-refractivity contribution in [3.8, 4) is 5.88 Å². The molecule has 0 aromatic carbocycles. The SMILES string of the molecule is COc1cc(CNCCCCN(CCS)c2ccc([N+](=O)[O-])nc2)ccn1. The largest absolute Gasteiger partial charge is 0.481 e. The second-order valence-corrected chi connectivity index (χ2v) is 6.38. The summed E-state index contributed by atoms with van der Waals surface area (Å²) in [6.07, 6.45) is 5.31. The molecule has 0 unspecified atom stereocenters. The number of thiol groups is 1. The first-order chi connectivity index (χ1) is 13.1. The van der Waals surface area contributed by atoms with E-state index >= 15 is 0 Å². The Morgan fingerprint density at radius 3 is 2.78 bits per heavy atom. The summed E-state index contributed by atoms with van der Waals surface area (Å²) in [7, 11) is 1.61. The standard InChI is InChI=1S/C18H25N5O3S/c1-26-18-12-15(6-8-20-18)13-19-7-2-3-9-22(10-11-27)16-4-5-17(21-14-16)23(24)25/h4-6,8,12,14,19,27H,2-3,7,9-11,13H2,1H3.